The van der Waals surface area contributed by atoms with Crippen LogP contribution in [-0.2, 0) is 0 Å². The Balaban J connectivity index is 1.79. The van der Waals surface area contributed by atoms with Crippen LogP contribution >= 0.6 is 11.3 Å². The minimum absolute atomic E-state index is 0.0750. The second-order valence-corrected chi connectivity index (χ2v) is 5.91. The van der Waals surface area contributed by atoms with E-state index < -0.39 is 5.91 Å². The number of hydrogen-bond acceptors (Lipinski definition) is 5. The fourth-order valence-electron chi connectivity index (χ4n) is 2.18. The Hall–Kier alpha value is -3.19. The highest BCUT2D eigenvalue weighted by Crippen LogP contribution is 2.25. The van der Waals surface area contributed by atoms with E-state index >= 15 is 0 Å². The number of anilines is 1. The number of nitrogens with one attached hydrogen (secondary N) is 1. The van der Waals surface area contributed by atoms with Crippen molar-refractivity contribution in [1.29, 1.82) is 0 Å². The number of hydrogen-bond donors (Lipinski definition) is 3. The number of aromatic hydroxyl groups is 1. The highest BCUT2D eigenvalue weighted by atomic mass is 32.1. The van der Waals surface area contributed by atoms with Crippen molar-refractivity contribution in [2.45, 2.75) is 0 Å². The predicted molar refractivity (Wildman–Crippen MR) is 92.1 cm³/mol. The van der Waals surface area contributed by atoms with E-state index in [1.54, 1.807) is 48.0 Å². The summed E-state index contributed by atoms with van der Waals surface area (Å²) in [6, 6.07) is 10.00. The number of rotatable bonds is 4. The van der Waals surface area contributed by atoms with Gasteiger partial charge in [0.1, 0.15) is 10.8 Å². The molecule has 120 valence electrons. The summed E-state index contributed by atoms with van der Waals surface area (Å²) in [5.41, 5.74) is 7.56. The lowest BCUT2D eigenvalue weighted by Gasteiger charge is -2.06. The zero-order valence-corrected chi connectivity index (χ0v) is 13.2. The molecule has 6 nitrogen and oxygen atoms in total. The van der Waals surface area contributed by atoms with Crippen LogP contribution in [0, 0.1) is 0 Å². The van der Waals surface area contributed by atoms with Crippen molar-refractivity contribution in [3.63, 3.8) is 0 Å². The van der Waals surface area contributed by atoms with Crippen LogP contribution < -0.4 is 11.1 Å². The number of thiophene rings is 1. The summed E-state index contributed by atoms with van der Waals surface area (Å²) < 4.78 is 0. The van der Waals surface area contributed by atoms with Crippen molar-refractivity contribution in [3.05, 3.63) is 65.3 Å². The average molecular weight is 339 g/mol. The van der Waals surface area contributed by atoms with E-state index in [9.17, 15) is 14.7 Å². The zero-order valence-electron chi connectivity index (χ0n) is 12.4. The van der Waals surface area contributed by atoms with Crippen molar-refractivity contribution in [3.8, 4) is 16.9 Å². The number of nitrogens with zero attached hydrogens (tertiary/aromatic N) is 1. The lowest BCUT2D eigenvalue weighted by molar-refractivity contribution is 0.100. The number of aromatic nitrogens is 1. The Morgan fingerprint density at radius 3 is 2.50 bits per heavy atom. The van der Waals surface area contributed by atoms with Gasteiger partial charge < -0.3 is 16.2 Å². The van der Waals surface area contributed by atoms with Gasteiger partial charge in [-0.15, -0.1) is 11.3 Å². The number of pyridine rings is 1. The molecule has 0 saturated heterocycles. The molecule has 2 amide bonds. The van der Waals surface area contributed by atoms with Crippen LogP contribution in [0.5, 0.6) is 5.75 Å². The smallest absolute Gasteiger partial charge is 0.256 e. The van der Waals surface area contributed by atoms with Gasteiger partial charge in [-0.2, -0.15) is 0 Å². The molecule has 0 atom stereocenters. The summed E-state index contributed by atoms with van der Waals surface area (Å²) in [6.45, 7) is 0. The highest BCUT2D eigenvalue weighted by Gasteiger charge is 2.13. The Labute approximate surface area is 141 Å². The van der Waals surface area contributed by atoms with Crippen molar-refractivity contribution in [2.24, 2.45) is 5.73 Å². The largest absolute Gasteiger partial charge is 0.506 e. The van der Waals surface area contributed by atoms with Crippen molar-refractivity contribution in [1.82, 2.24) is 4.98 Å². The van der Waals surface area contributed by atoms with E-state index in [0.29, 0.717) is 10.6 Å². The Bertz CT molecular complexity index is 903. The highest BCUT2D eigenvalue weighted by molar-refractivity contribution is 7.14. The zero-order chi connectivity index (χ0) is 17.1. The maximum absolute atomic E-state index is 12.3. The molecule has 3 rings (SSSR count). The van der Waals surface area contributed by atoms with Crippen LogP contribution in [0.1, 0.15) is 20.7 Å². The van der Waals surface area contributed by atoms with Gasteiger partial charge in [-0.1, -0.05) is 12.1 Å². The monoisotopic (exact) mass is 339 g/mol. The van der Waals surface area contributed by atoms with Crippen molar-refractivity contribution in [2.75, 3.05) is 5.32 Å². The van der Waals surface area contributed by atoms with E-state index in [1.807, 2.05) is 0 Å². The molecule has 2 aromatic heterocycles. The molecule has 0 aliphatic rings. The molecule has 24 heavy (non-hydrogen) atoms. The summed E-state index contributed by atoms with van der Waals surface area (Å²) in [5, 5.41) is 14.3. The molecular weight excluding hydrogens is 326 g/mol. The van der Waals surface area contributed by atoms with Gasteiger partial charge in [-0.3, -0.25) is 14.6 Å². The number of nitrogens with two attached hydrogens (primary N) is 1. The number of benzene rings is 1. The van der Waals surface area contributed by atoms with Crippen molar-refractivity contribution >= 4 is 28.2 Å². The maximum Gasteiger partial charge on any atom is 0.256 e. The first-order chi connectivity index (χ1) is 11.5. The Morgan fingerprint density at radius 2 is 1.83 bits per heavy atom. The number of carbonyl (C=O) groups excluding carboxylic acids is 2. The molecule has 3 aromatic rings. The molecule has 2 heterocycles. The first kappa shape index (κ1) is 15.7. The van der Waals surface area contributed by atoms with Crippen LogP contribution in [0.4, 0.5) is 5.00 Å². The topological polar surface area (TPSA) is 105 Å². The molecule has 0 aliphatic carbocycles. The standard InChI is InChI=1S/C17H13N3O3S/c18-15(22)14-5-6-24-17(14)20-16(23)11-3-1-10(2-4-11)12-7-13(21)9-19-8-12/h1-9,21H,(H2,18,22)(H,20,23). The maximum atomic E-state index is 12.3. The second kappa shape index (κ2) is 6.51. The fraction of sp³-hybridized carbons (Fsp3) is 0. The molecule has 1 aromatic carbocycles. The third-order valence-electron chi connectivity index (χ3n) is 3.36. The van der Waals surface area contributed by atoms with Gasteiger partial charge in [0.25, 0.3) is 11.8 Å². The van der Waals surface area contributed by atoms with E-state index in [1.165, 1.54) is 17.5 Å². The summed E-state index contributed by atoms with van der Waals surface area (Å²) in [7, 11) is 0. The normalized spacial score (nSPS) is 10.3. The lowest BCUT2D eigenvalue weighted by atomic mass is 10.1. The SMILES string of the molecule is NC(=O)c1ccsc1NC(=O)c1ccc(-c2cncc(O)c2)cc1. The molecule has 0 aliphatic heterocycles. The van der Waals surface area contributed by atoms with E-state index in [2.05, 4.69) is 10.3 Å². The first-order valence-corrected chi connectivity index (χ1v) is 7.85. The number of primary amides is 1. The minimum Gasteiger partial charge on any atom is -0.506 e. The lowest BCUT2D eigenvalue weighted by Crippen LogP contribution is -2.16. The summed E-state index contributed by atoms with van der Waals surface area (Å²) in [6.07, 6.45) is 2.97. The first-order valence-electron chi connectivity index (χ1n) is 6.97. The fourth-order valence-corrected chi connectivity index (χ4v) is 2.96. The molecule has 0 saturated carbocycles. The van der Waals surface area contributed by atoms with Crippen LogP contribution in [-0.4, -0.2) is 21.9 Å². The molecule has 0 bridgehead atoms. The van der Waals surface area contributed by atoms with Crippen LogP contribution in [0.2, 0.25) is 0 Å². The van der Waals surface area contributed by atoms with Gasteiger partial charge in [0.2, 0.25) is 0 Å². The molecule has 0 spiro atoms. The molecule has 0 radical (unpaired) electrons. The van der Waals surface area contributed by atoms with E-state index in [-0.39, 0.29) is 17.2 Å². The average Bonchev–Trinajstić information content (AvgIpc) is 3.03. The van der Waals surface area contributed by atoms with E-state index in [4.69, 9.17) is 5.73 Å². The molecule has 4 N–H and O–H groups in total. The van der Waals surface area contributed by atoms with Gasteiger partial charge in [0.15, 0.2) is 0 Å². The van der Waals surface area contributed by atoms with Gasteiger partial charge in [-0.05, 0) is 35.2 Å². The second-order valence-electron chi connectivity index (χ2n) is 4.99. The van der Waals surface area contributed by atoms with Gasteiger partial charge in [0.05, 0.1) is 11.8 Å². The minimum atomic E-state index is -0.585. The summed E-state index contributed by atoms with van der Waals surface area (Å²) in [5.74, 6) is -0.843. The van der Waals surface area contributed by atoms with Crippen LogP contribution in [0.15, 0.2) is 54.2 Å². The van der Waals surface area contributed by atoms with Gasteiger partial charge in [-0.25, -0.2) is 0 Å². The Morgan fingerprint density at radius 1 is 1.08 bits per heavy atom. The third kappa shape index (κ3) is 3.26. The summed E-state index contributed by atoms with van der Waals surface area (Å²) >= 11 is 1.23. The van der Waals surface area contributed by atoms with E-state index in [0.717, 1.165) is 11.1 Å². The summed E-state index contributed by atoms with van der Waals surface area (Å²) in [4.78, 5) is 27.5. The van der Waals surface area contributed by atoms with Gasteiger partial charge in [0, 0.05) is 17.3 Å². The van der Waals surface area contributed by atoms with Gasteiger partial charge >= 0.3 is 0 Å². The third-order valence-corrected chi connectivity index (χ3v) is 4.19. The Kier molecular flexibility index (Phi) is 4.26. The number of carbonyl (C=O) groups is 2. The molecule has 0 unspecified atom stereocenters. The van der Waals surface area contributed by atoms with Crippen LogP contribution in [0.25, 0.3) is 11.1 Å². The quantitative estimate of drug-likeness (QED) is 0.679. The predicted octanol–water partition coefficient (Wildman–Crippen LogP) is 2.87. The molecule has 0 fully saturated rings. The van der Waals surface area contributed by atoms with Crippen LogP contribution in [0.3, 0.4) is 0 Å². The van der Waals surface area contributed by atoms with Crippen molar-refractivity contribution < 1.29 is 14.7 Å². The molecular formula is C17H13N3O3S. The number of amides is 2. The molecule has 7 heteroatoms.